The Balaban J connectivity index is 4.23. The molecule has 0 N–H and O–H groups in total. The number of hydrogen-bond acceptors (Lipinski definition) is 7. The maximum Gasteiger partial charge on any atom is 0.306 e. The van der Waals surface area contributed by atoms with Crippen LogP contribution in [0.1, 0.15) is 155 Å². The summed E-state index contributed by atoms with van der Waals surface area (Å²) in [6, 6.07) is 0. The first-order valence-corrected chi connectivity index (χ1v) is 19.2. The smallest absolute Gasteiger partial charge is 0.306 e. The van der Waals surface area contributed by atoms with Crippen LogP contribution < -0.4 is 4.89 Å². The van der Waals surface area contributed by atoms with Crippen molar-refractivity contribution in [1.82, 2.24) is 0 Å². The van der Waals surface area contributed by atoms with Crippen molar-refractivity contribution in [2.75, 3.05) is 54.1 Å². The fourth-order valence-electron chi connectivity index (χ4n) is 4.84. The Hall–Kier alpha value is -0.500. The molecule has 0 bridgehead atoms. The number of rotatable bonds is 33. The molecule has 0 saturated carbocycles. The van der Waals surface area contributed by atoms with Gasteiger partial charge in [-0.3, -0.25) is 9.36 Å². The van der Waals surface area contributed by atoms with E-state index in [-0.39, 0.29) is 25.8 Å². The molecule has 0 heterocycles. The molecule has 0 radical (unpaired) electrons. The third-order valence-electron chi connectivity index (χ3n) is 7.66. The zero-order chi connectivity index (χ0) is 32.1. The average molecular weight is 636 g/mol. The van der Waals surface area contributed by atoms with Gasteiger partial charge in [0.05, 0.1) is 34.4 Å². The molecule has 2 atom stereocenters. The molecule has 0 aliphatic rings. The van der Waals surface area contributed by atoms with Crippen molar-refractivity contribution < 1.29 is 37.3 Å². The highest BCUT2D eigenvalue weighted by atomic mass is 31.2. The molecule has 0 aromatic heterocycles. The van der Waals surface area contributed by atoms with Gasteiger partial charge in [-0.25, -0.2) is 0 Å². The highest BCUT2D eigenvalue weighted by Crippen LogP contribution is 2.38. The fourth-order valence-corrected chi connectivity index (χ4v) is 5.57. The number of nitrogens with zero attached hydrogens (tertiary/aromatic N) is 1. The lowest BCUT2D eigenvalue weighted by Crippen LogP contribution is -2.37. The van der Waals surface area contributed by atoms with Gasteiger partial charge in [-0.05, 0) is 12.8 Å². The highest BCUT2D eigenvalue weighted by Gasteiger charge is 2.20. The van der Waals surface area contributed by atoms with Crippen LogP contribution in [0.2, 0.25) is 0 Å². The van der Waals surface area contributed by atoms with Gasteiger partial charge in [0.15, 0.2) is 0 Å². The fraction of sp³-hybridized carbons (Fsp3) is 0.971. The SMILES string of the molecule is CCCCCCCCCCCCCCCCOCC(COP(=O)([O-])OCC[N+](C)(C)C)OC(=O)CCCCCCCCC. The van der Waals surface area contributed by atoms with Gasteiger partial charge in [0.2, 0.25) is 0 Å². The van der Waals surface area contributed by atoms with Crippen LogP contribution >= 0.6 is 7.82 Å². The van der Waals surface area contributed by atoms with E-state index >= 15 is 0 Å². The van der Waals surface area contributed by atoms with Crippen LogP contribution in [-0.2, 0) is 27.9 Å². The monoisotopic (exact) mass is 635 g/mol. The van der Waals surface area contributed by atoms with Crippen LogP contribution in [0, 0.1) is 0 Å². The molecule has 0 rings (SSSR count). The normalized spacial score (nSPS) is 14.1. The molecule has 0 aliphatic carbocycles. The Morgan fingerprint density at radius 1 is 0.628 bits per heavy atom. The van der Waals surface area contributed by atoms with E-state index in [4.69, 9.17) is 18.5 Å². The number of hydrogen-bond donors (Lipinski definition) is 0. The summed E-state index contributed by atoms with van der Waals surface area (Å²) in [7, 11) is 1.36. The molecule has 258 valence electrons. The number of carbonyl (C=O) groups is 1. The van der Waals surface area contributed by atoms with E-state index in [0.29, 0.717) is 24.1 Å². The molecule has 0 spiro atoms. The van der Waals surface area contributed by atoms with Crippen molar-refractivity contribution in [3.05, 3.63) is 0 Å². The Morgan fingerprint density at radius 3 is 1.53 bits per heavy atom. The van der Waals surface area contributed by atoms with E-state index in [1.165, 1.54) is 103 Å². The summed E-state index contributed by atoms with van der Waals surface area (Å²) in [5.41, 5.74) is 0. The van der Waals surface area contributed by atoms with Crippen LogP contribution in [-0.4, -0.2) is 70.7 Å². The number of unbranched alkanes of at least 4 members (excludes halogenated alkanes) is 19. The number of likely N-dealkylation sites (N-methyl/N-ethyl adjacent to an activating group) is 1. The maximum absolute atomic E-state index is 12.5. The van der Waals surface area contributed by atoms with Crippen LogP contribution in [0.5, 0.6) is 0 Å². The van der Waals surface area contributed by atoms with Crippen molar-refractivity contribution in [2.24, 2.45) is 0 Å². The molecule has 0 aromatic rings. The minimum absolute atomic E-state index is 0.0304. The van der Waals surface area contributed by atoms with Crippen LogP contribution in [0.25, 0.3) is 0 Å². The van der Waals surface area contributed by atoms with E-state index in [2.05, 4.69) is 13.8 Å². The first-order valence-electron chi connectivity index (χ1n) is 17.8. The van der Waals surface area contributed by atoms with Gasteiger partial charge in [-0.2, -0.15) is 0 Å². The first kappa shape index (κ1) is 42.5. The summed E-state index contributed by atoms with van der Waals surface area (Å²) in [5.74, 6) is -0.339. The van der Waals surface area contributed by atoms with Gasteiger partial charge in [0, 0.05) is 13.0 Å². The second kappa shape index (κ2) is 28.9. The summed E-state index contributed by atoms with van der Waals surface area (Å²) >= 11 is 0. The molecule has 0 fully saturated rings. The van der Waals surface area contributed by atoms with Crippen molar-refractivity contribution in [1.29, 1.82) is 0 Å². The number of esters is 1. The lowest BCUT2D eigenvalue weighted by atomic mass is 10.0. The zero-order valence-corrected chi connectivity index (χ0v) is 29.8. The van der Waals surface area contributed by atoms with Gasteiger partial charge < -0.3 is 27.9 Å². The highest BCUT2D eigenvalue weighted by molar-refractivity contribution is 7.45. The zero-order valence-electron chi connectivity index (χ0n) is 28.9. The predicted octanol–water partition coefficient (Wildman–Crippen LogP) is 8.74. The Bertz CT molecular complexity index is 672. The van der Waals surface area contributed by atoms with Crippen molar-refractivity contribution in [3.63, 3.8) is 0 Å². The van der Waals surface area contributed by atoms with E-state index in [9.17, 15) is 14.3 Å². The van der Waals surface area contributed by atoms with Gasteiger partial charge in [0.25, 0.3) is 7.82 Å². The Morgan fingerprint density at radius 2 is 1.07 bits per heavy atom. The van der Waals surface area contributed by atoms with E-state index in [1.54, 1.807) is 0 Å². The van der Waals surface area contributed by atoms with Gasteiger partial charge >= 0.3 is 5.97 Å². The number of carbonyl (C=O) groups excluding carboxylic acids is 1. The average Bonchev–Trinajstić information content (AvgIpc) is 2.94. The standard InChI is InChI=1S/C34H70NO7P/c1-6-8-10-12-14-15-16-17-18-19-20-22-24-26-29-39-31-33(32-41-43(37,38)40-30-28-35(3,4)5)42-34(36)27-25-23-21-13-11-9-7-2/h33H,6-32H2,1-5H3. The van der Waals surface area contributed by atoms with Crippen LogP contribution in [0.15, 0.2) is 0 Å². The molecule has 9 heteroatoms. The second-order valence-electron chi connectivity index (χ2n) is 13.2. The Kier molecular flexibility index (Phi) is 28.6. The molecule has 43 heavy (non-hydrogen) atoms. The van der Waals surface area contributed by atoms with E-state index in [1.807, 2.05) is 21.1 Å². The minimum atomic E-state index is -4.50. The summed E-state index contributed by atoms with van der Waals surface area (Å²) < 4.78 is 34.2. The largest absolute Gasteiger partial charge is 0.756 e. The third-order valence-corrected chi connectivity index (χ3v) is 8.62. The second-order valence-corrected chi connectivity index (χ2v) is 14.7. The summed E-state index contributed by atoms with van der Waals surface area (Å²) in [6.07, 6.45) is 25.5. The molecular weight excluding hydrogens is 565 g/mol. The van der Waals surface area contributed by atoms with Crippen molar-refractivity contribution in [3.8, 4) is 0 Å². The van der Waals surface area contributed by atoms with Crippen molar-refractivity contribution in [2.45, 2.75) is 161 Å². The number of quaternary nitrogens is 1. The van der Waals surface area contributed by atoms with Crippen molar-refractivity contribution >= 4 is 13.8 Å². The van der Waals surface area contributed by atoms with Crippen LogP contribution in [0.4, 0.5) is 0 Å². The quantitative estimate of drug-likeness (QED) is 0.0308. The third kappa shape index (κ3) is 32.7. The van der Waals surface area contributed by atoms with Crippen LogP contribution in [0.3, 0.4) is 0 Å². The number of phosphoric acid groups is 1. The van der Waals surface area contributed by atoms with E-state index in [0.717, 1.165) is 32.1 Å². The lowest BCUT2D eigenvalue weighted by Gasteiger charge is -2.28. The maximum atomic E-state index is 12.5. The summed E-state index contributed by atoms with van der Waals surface area (Å²) in [6.45, 7) is 5.38. The van der Waals surface area contributed by atoms with Gasteiger partial charge in [-0.1, -0.05) is 136 Å². The molecule has 0 aromatic carbocycles. The lowest BCUT2D eigenvalue weighted by molar-refractivity contribution is -0.870. The molecule has 0 saturated heterocycles. The first-order chi connectivity index (χ1) is 20.6. The molecule has 0 amide bonds. The Labute approximate surface area is 266 Å². The predicted molar refractivity (Wildman–Crippen MR) is 176 cm³/mol. The number of phosphoric ester groups is 1. The molecule has 8 nitrogen and oxygen atoms in total. The topological polar surface area (TPSA) is 94.1 Å². The number of ether oxygens (including phenoxy) is 2. The summed E-state index contributed by atoms with van der Waals surface area (Å²) in [5, 5.41) is 0. The molecular formula is C34H70NO7P. The molecule has 0 aliphatic heterocycles. The summed E-state index contributed by atoms with van der Waals surface area (Å²) in [4.78, 5) is 24.7. The van der Waals surface area contributed by atoms with Gasteiger partial charge in [-0.15, -0.1) is 0 Å². The van der Waals surface area contributed by atoms with E-state index < -0.39 is 13.9 Å². The molecule has 2 unspecified atom stereocenters. The van der Waals surface area contributed by atoms with Gasteiger partial charge in [0.1, 0.15) is 19.3 Å². The minimum Gasteiger partial charge on any atom is -0.756 e.